The lowest BCUT2D eigenvalue weighted by Gasteiger charge is -2.45. The van der Waals surface area contributed by atoms with E-state index >= 15 is 0 Å². The molecule has 0 aliphatic carbocycles. The fourth-order valence-corrected chi connectivity index (χ4v) is 20.7. The Morgan fingerprint density at radius 1 is 0.244 bits per heavy atom. The van der Waals surface area contributed by atoms with Gasteiger partial charge >= 0.3 is 0 Å². The molecule has 127 heavy (non-hydrogen) atoms. The number of hydrogen-bond donors (Lipinski definition) is 0. The maximum atomic E-state index is 10.6. The Kier molecular flexibility index (Phi) is 16.7. The first-order chi connectivity index (χ1) is 63.1. The Hall–Kier alpha value is -14.4. The fourth-order valence-electron chi connectivity index (χ4n) is 20.7. The minimum absolute atomic E-state index is 0.0999. The van der Waals surface area contributed by atoms with Gasteiger partial charge in [0.2, 0.25) is 0 Å². The normalized spacial score (nSPS) is 13.5. The summed E-state index contributed by atoms with van der Waals surface area (Å²) in [5, 5.41) is 8.22. The molecule has 2 aliphatic rings. The highest BCUT2D eigenvalue weighted by Crippen LogP contribution is 2.50. The van der Waals surface area contributed by atoms with Crippen LogP contribution in [-0.4, -0.2) is 31.5 Å². The van der Waals surface area contributed by atoms with Gasteiger partial charge in [0.05, 0.1) is 55.3 Å². The minimum atomic E-state index is -0.389. The molecule has 2 aliphatic heterocycles. The molecule has 7 heteroatoms. The van der Waals surface area contributed by atoms with Crippen molar-refractivity contribution in [3.05, 3.63) is 398 Å². The molecule has 0 amide bonds. The minimum Gasteiger partial charge on any atom is -0.342 e. The average molecular weight is 1640 g/mol. The highest BCUT2D eigenvalue weighted by Gasteiger charge is 2.45. The Morgan fingerprint density at radius 3 is 1.02 bits per heavy atom. The van der Waals surface area contributed by atoms with Crippen LogP contribution in [0.15, 0.2) is 370 Å². The van der Waals surface area contributed by atoms with E-state index in [2.05, 4.69) is 457 Å². The van der Waals surface area contributed by atoms with Gasteiger partial charge in [-0.25, -0.2) is 0 Å². The smallest absolute Gasteiger partial charge is 0.252 e. The van der Waals surface area contributed by atoms with Crippen molar-refractivity contribution in [3.8, 4) is 67.3 Å². The second-order valence-electron chi connectivity index (χ2n) is 39.4. The summed E-state index contributed by atoms with van der Waals surface area (Å²) in [4.78, 5) is 5.19. The van der Waals surface area contributed by atoms with Crippen LogP contribution in [0.3, 0.4) is 0 Å². The third-order valence-electron chi connectivity index (χ3n) is 27.3. The molecule has 4 aromatic heterocycles. The molecule has 0 saturated heterocycles. The zero-order chi connectivity index (χ0) is 89.7. The second kappa shape index (κ2) is 29.1. The van der Waals surface area contributed by atoms with Crippen molar-refractivity contribution in [2.24, 2.45) is 0 Å². The summed E-state index contributed by atoms with van der Waals surface area (Å²) in [5.41, 5.74) is 34.3. The highest BCUT2D eigenvalue weighted by atomic mass is 15.2. The lowest BCUT2D eigenvalue weighted by atomic mass is 9.33. The molecule has 23 rings (SSSR count). The number of nitrogens with zero attached hydrogens (tertiary/aromatic N) is 6. The highest BCUT2D eigenvalue weighted by molar-refractivity contribution is 7.00. The maximum Gasteiger partial charge on any atom is 0.252 e. The number of anilines is 5. The molecule has 0 N–H and O–H groups in total. The van der Waals surface area contributed by atoms with Crippen LogP contribution in [0.2, 0.25) is 0 Å². The van der Waals surface area contributed by atoms with E-state index in [1.807, 2.05) is 0 Å². The van der Waals surface area contributed by atoms with Gasteiger partial charge in [-0.15, -0.1) is 0 Å². The van der Waals surface area contributed by atoms with Crippen molar-refractivity contribution < 1.29 is 5.48 Å². The molecule has 6 nitrogen and oxygen atoms in total. The average Bonchev–Trinajstić information content (AvgIpc) is 1.42. The lowest BCUT2D eigenvalue weighted by Crippen LogP contribution is -2.62. The number of rotatable bonds is 12. The van der Waals surface area contributed by atoms with Gasteiger partial charge in [-0.05, 0) is 262 Å². The first-order valence-electron chi connectivity index (χ1n) is 46.9. The fraction of sp³-hybridized carbons (Fsp3) is 0.150. The summed E-state index contributed by atoms with van der Waals surface area (Å²) in [6.45, 7) is 27.9. The molecule has 0 atom stereocenters. The first kappa shape index (κ1) is 73.0. The number of para-hydroxylation sites is 3. The third-order valence-corrected chi connectivity index (χ3v) is 27.3. The Morgan fingerprint density at radius 2 is 0.583 bits per heavy atom. The Labute approximate surface area is 750 Å². The van der Waals surface area contributed by atoms with Crippen LogP contribution in [0, 0.1) is 0 Å². The number of fused-ring (bicyclic) bond motifs is 16. The van der Waals surface area contributed by atoms with Gasteiger partial charge in [0, 0.05) is 95.1 Å². The van der Waals surface area contributed by atoms with E-state index in [9.17, 15) is 5.48 Å². The van der Waals surface area contributed by atoms with Gasteiger partial charge in [-0.2, -0.15) is 0 Å². The second-order valence-corrected chi connectivity index (χ2v) is 39.4. The van der Waals surface area contributed by atoms with Crippen LogP contribution in [-0.2, 0) is 28.1 Å². The predicted molar refractivity (Wildman–Crippen MR) is 543 cm³/mol. The standard InChI is InChI=1S/C120H101BN6/c1-117(2,3)85-45-54-107-97(67-85)98-68-86(118(4,5)6)46-55-108(98)124(107)90-49-52-102-112(72-90)122(60-59-76-61-81(77-31-17-13-18-32-77)63-82(62-76)78-33-19-14-20-34-78)114-74-93(126-106-44-30-27-41-96(106)101-71-89(51-58-111(101)126)123-104-42-28-25-39-94(104)95-40-26-29-43-105(95)123)75-115-116(114)121(102)103-53-50-91(125-109-56-47-87(119(7,8)9)69-99(109)100-70-88(120(10,11)12)48-57-110(100)125)73-113(103)127(115)92-65-83(79-35-21-15-22-36-79)64-84(66-92)80-37-23-16-24-38-80/h13-58,61-75H,59-60H2,1-12H3/i27D,30D,41D,44D. The summed E-state index contributed by atoms with van der Waals surface area (Å²) in [6.07, 6.45) is 0.624. The number of hydrogen-bond acceptors (Lipinski definition) is 2. The van der Waals surface area contributed by atoms with Crippen LogP contribution >= 0.6 is 0 Å². The van der Waals surface area contributed by atoms with E-state index in [4.69, 9.17) is 0 Å². The van der Waals surface area contributed by atoms with Crippen LogP contribution in [0.5, 0.6) is 0 Å². The van der Waals surface area contributed by atoms with Crippen LogP contribution < -0.4 is 26.2 Å². The molecule has 17 aromatic carbocycles. The van der Waals surface area contributed by atoms with Gasteiger partial charge in [-0.1, -0.05) is 307 Å². The van der Waals surface area contributed by atoms with Crippen molar-refractivity contribution in [2.45, 2.75) is 111 Å². The van der Waals surface area contributed by atoms with Gasteiger partial charge < -0.3 is 28.1 Å². The molecule has 0 bridgehead atoms. The largest absolute Gasteiger partial charge is 0.342 e. The molecule has 0 fully saturated rings. The van der Waals surface area contributed by atoms with Crippen LogP contribution in [0.25, 0.3) is 154 Å². The predicted octanol–water partition coefficient (Wildman–Crippen LogP) is 29.9. The van der Waals surface area contributed by atoms with E-state index in [0.717, 1.165) is 161 Å². The van der Waals surface area contributed by atoms with Gasteiger partial charge in [0.1, 0.15) is 0 Å². The van der Waals surface area contributed by atoms with E-state index in [0.29, 0.717) is 29.3 Å². The molecule has 0 radical (unpaired) electrons. The maximum absolute atomic E-state index is 10.6. The summed E-state index contributed by atoms with van der Waals surface area (Å²) >= 11 is 0. The monoisotopic (exact) mass is 1640 g/mol. The molecule has 614 valence electrons. The van der Waals surface area contributed by atoms with E-state index < -0.39 is 0 Å². The number of benzene rings is 17. The first-order valence-corrected chi connectivity index (χ1v) is 44.9. The van der Waals surface area contributed by atoms with Crippen LogP contribution in [0.4, 0.5) is 28.4 Å². The number of aromatic nitrogens is 4. The molecule has 0 saturated carbocycles. The molecule has 0 unspecified atom stereocenters. The lowest BCUT2D eigenvalue weighted by molar-refractivity contribution is 0.590. The van der Waals surface area contributed by atoms with Crippen molar-refractivity contribution >= 4 is 139 Å². The summed E-state index contributed by atoms with van der Waals surface area (Å²) < 4.78 is 50.0. The van der Waals surface area contributed by atoms with Crippen molar-refractivity contribution in [3.63, 3.8) is 0 Å². The summed E-state index contributed by atoms with van der Waals surface area (Å²) in [7, 11) is 0. The Bertz CT molecular complexity index is 8000. The SMILES string of the molecule is [2H]c1c([2H])c([2H])c2c(c1[2H])c1cc(-n3c4ccccc4c4ccccc43)ccc1n2-c1cc2c3c(c1)N(c1cc(-c4ccccc4)cc(-c4ccccc4)c1)c1cc(-n4c5ccc(C(C)(C)C)cc5c5cc(C(C)(C)C)ccc54)ccc1B3c1ccc(-n3c4ccc(C(C)(C)C)cc4c4cc(C(C)(C)C)ccc43)cc1N2CCc1cc(-c2ccccc2)cc(-c2ccccc2)c1. The molecule has 0 spiro atoms. The quantitative estimate of drug-likeness (QED) is 0.114. The van der Waals surface area contributed by atoms with Gasteiger partial charge in [0.25, 0.3) is 6.71 Å². The van der Waals surface area contributed by atoms with Gasteiger partial charge in [-0.3, -0.25) is 0 Å². The van der Waals surface area contributed by atoms with Crippen LogP contribution in [0.1, 0.15) is 116 Å². The molecule has 21 aromatic rings. The van der Waals surface area contributed by atoms with E-state index in [1.54, 1.807) is 0 Å². The third kappa shape index (κ3) is 12.9. The van der Waals surface area contributed by atoms with Crippen molar-refractivity contribution in [2.75, 3.05) is 16.3 Å². The molecular formula is C120H101BN6. The Balaban J connectivity index is 0.863. The van der Waals surface area contributed by atoms with Gasteiger partial charge in [0.15, 0.2) is 0 Å². The van der Waals surface area contributed by atoms with E-state index in [-0.39, 0.29) is 52.5 Å². The zero-order valence-corrected chi connectivity index (χ0v) is 74.1. The van der Waals surface area contributed by atoms with Crippen molar-refractivity contribution in [1.82, 2.24) is 18.3 Å². The molecular weight excluding hydrogens is 1540 g/mol. The zero-order valence-electron chi connectivity index (χ0n) is 78.1. The van der Waals surface area contributed by atoms with E-state index in [1.165, 1.54) is 49.4 Å². The molecule has 6 heterocycles. The van der Waals surface area contributed by atoms with Crippen molar-refractivity contribution in [1.29, 1.82) is 0 Å². The summed E-state index contributed by atoms with van der Waals surface area (Å²) in [6, 6.07) is 128. The topological polar surface area (TPSA) is 26.2 Å². The summed E-state index contributed by atoms with van der Waals surface area (Å²) in [5.74, 6) is 0.